The van der Waals surface area contributed by atoms with Crippen LogP contribution >= 0.6 is 11.3 Å². The number of aromatic nitrogens is 1. The van der Waals surface area contributed by atoms with Crippen LogP contribution < -0.4 is 5.73 Å². The first-order valence-corrected chi connectivity index (χ1v) is 9.31. The molecule has 0 bridgehead atoms. The van der Waals surface area contributed by atoms with Crippen LogP contribution in [0.1, 0.15) is 80.3 Å². The molecule has 1 saturated carbocycles. The molecule has 0 spiro atoms. The Morgan fingerprint density at radius 2 is 1.85 bits per heavy atom. The van der Waals surface area contributed by atoms with Crippen molar-refractivity contribution in [3.8, 4) is 0 Å². The first kappa shape index (κ1) is 14.5. The fraction of sp³-hybridized carbons (Fsp3) is 0.824. The van der Waals surface area contributed by atoms with Crippen LogP contribution in [0.15, 0.2) is 0 Å². The van der Waals surface area contributed by atoms with E-state index in [-0.39, 0.29) is 5.54 Å². The molecule has 0 amide bonds. The average Bonchev–Trinajstić information content (AvgIpc) is 2.83. The van der Waals surface area contributed by atoms with E-state index in [1.807, 2.05) is 11.3 Å². The normalized spacial score (nSPS) is 31.4. The van der Waals surface area contributed by atoms with Crippen LogP contribution in [0.25, 0.3) is 0 Å². The van der Waals surface area contributed by atoms with Gasteiger partial charge in [-0.05, 0) is 57.3 Å². The summed E-state index contributed by atoms with van der Waals surface area (Å²) in [6.07, 6.45) is 14.0. The fourth-order valence-electron chi connectivity index (χ4n) is 3.73. The molecule has 20 heavy (non-hydrogen) atoms. The molecule has 2 nitrogen and oxygen atoms in total. The van der Waals surface area contributed by atoms with Crippen molar-refractivity contribution in [2.45, 2.75) is 83.1 Å². The number of thiazole rings is 1. The summed E-state index contributed by atoms with van der Waals surface area (Å²) in [5.74, 6) is 0.896. The van der Waals surface area contributed by atoms with E-state index >= 15 is 0 Å². The minimum atomic E-state index is -0.114. The fourth-order valence-corrected chi connectivity index (χ4v) is 5.04. The van der Waals surface area contributed by atoms with Crippen molar-refractivity contribution in [2.75, 3.05) is 0 Å². The molecule has 3 heteroatoms. The Balaban J connectivity index is 1.78. The van der Waals surface area contributed by atoms with Crippen LogP contribution in [0.5, 0.6) is 0 Å². The summed E-state index contributed by atoms with van der Waals surface area (Å²) < 4.78 is 0. The molecule has 0 radical (unpaired) electrons. The first-order valence-electron chi connectivity index (χ1n) is 8.49. The zero-order valence-electron chi connectivity index (χ0n) is 12.8. The van der Waals surface area contributed by atoms with Gasteiger partial charge in [-0.25, -0.2) is 4.98 Å². The monoisotopic (exact) mass is 292 g/mol. The Hall–Kier alpha value is -0.410. The molecule has 1 fully saturated rings. The maximum absolute atomic E-state index is 6.74. The van der Waals surface area contributed by atoms with E-state index < -0.39 is 0 Å². The van der Waals surface area contributed by atoms with E-state index in [9.17, 15) is 0 Å². The maximum Gasteiger partial charge on any atom is 0.113 e. The predicted octanol–water partition coefficient (Wildman–Crippen LogP) is 4.56. The number of nitrogens with zero attached hydrogens (tertiary/aromatic N) is 1. The second-order valence-corrected chi connectivity index (χ2v) is 7.89. The zero-order valence-corrected chi connectivity index (χ0v) is 13.6. The van der Waals surface area contributed by atoms with E-state index in [1.165, 1.54) is 68.5 Å². The van der Waals surface area contributed by atoms with Gasteiger partial charge >= 0.3 is 0 Å². The average molecular weight is 292 g/mol. The molecule has 2 aliphatic rings. The van der Waals surface area contributed by atoms with E-state index in [4.69, 9.17) is 10.7 Å². The quantitative estimate of drug-likeness (QED) is 0.868. The molecule has 112 valence electrons. The predicted molar refractivity (Wildman–Crippen MR) is 86.1 cm³/mol. The van der Waals surface area contributed by atoms with Crippen LogP contribution in [0, 0.1) is 5.92 Å². The number of fused-ring (bicyclic) bond motifs is 1. The first-order chi connectivity index (χ1) is 9.71. The van der Waals surface area contributed by atoms with Crippen LogP contribution in [-0.2, 0) is 18.4 Å². The Morgan fingerprint density at radius 3 is 2.55 bits per heavy atom. The third kappa shape index (κ3) is 2.94. The molecule has 0 aliphatic heterocycles. The Morgan fingerprint density at radius 1 is 1.15 bits per heavy atom. The number of hydrogen-bond donors (Lipinski definition) is 1. The van der Waals surface area contributed by atoms with Gasteiger partial charge in [-0.15, -0.1) is 11.3 Å². The van der Waals surface area contributed by atoms with Crippen LogP contribution in [-0.4, -0.2) is 4.98 Å². The molecule has 0 unspecified atom stereocenters. The Labute approximate surface area is 127 Å². The van der Waals surface area contributed by atoms with Gasteiger partial charge in [0, 0.05) is 4.88 Å². The number of rotatable bonds is 2. The third-order valence-electron chi connectivity index (χ3n) is 5.35. The van der Waals surface area contributed by atoms with Crippen molar-refractivity contribution in [1.82, 2.24) is 4.98 Å². The van der Waals surface area contributed by atoms with Crippen molar-refractivity contribution < 1.29 is 0 Å². The van der Waals surface area contributed by atoms with Gasteiger partial charge < -0.3 is 5.73 Å². The zero-order chi connectivity index (χ0) is 14.0. The van der Waals surface area contributed by atoms with E-state index in [1.54, 1.807) is 4.88 Å². The number of aryl methyl sites for hydroxylation is 2. The third-order valence-corrected chi connectivity index (χ3v) is 6.72. The van der Waals surface area contributed by atoms with Gasteiger partial charge in [0.1, 0.15) is 5.01 Å². The molecular weight excluding hydrogens is 264 g/mol. The van der Waals surface area contributed by atoms with Crippen molar-refractivity contribution in [1.29, 1.82) is 0 Å². The molecule has 2 N–H and O–H groups in total. The second-order valence-electron chi connectivity index (χ2n) is 6.81. The molecule has 1 aromatic rings. The van der Waals surface area contributed by atoms with Crippen molar-refractivity contribution in [2.24, 2.45) is 11.7 Å². The van der Waals surface area contributed by atoms with E-state index in [0.717, 1.165) is 18.8 Å². The Kier molecular flexibility index (Phi) is 4.46. The summed E-state index contributed by atoms with van der Waals surface area (Å²) in [5, 5.41) is 1.25. The van der Waals surface area contributed by atoms with Gasteiger partial charge in [0.15, 0.2) is 0 Å². The highest BCUT2D eigenvalue weighted by Gasteiger charge is 2.36. The standard InChI is InChI=1S/C17H28N2S/c1-2-13-9-11-17(18,12-10-13)16-19-14-7-5-3-4-6-8-15(14)20-16/h13H,2-12,18H2,1H3. The number of nitrogens with two attached hydrogens (primary N) is 1. The highest BCUT2D eigenvalue weighted by molar-refractivity contribution is 7.11. The van der Waals surface area contributed by atoms with Gasteiger partial charge in [0.05, 0.1) is 11.2 Å². The molecule has 0 atom stereocenters. The lowest BCUT2D eigenvalue weighted by molar-refractivity contribution is 0.231. The summed E-state index contributed by atoms with van der Waals surface area (Å²) in [6.45, 7) is 2.31. The summed E-state index contributed by atoms with van der Waals surface area (Å²) >= 11 is 1.94. The minimum absolute atomic E-state index is 0.114. The SMILES string of the molecule is CCC1CCC(N)(c2nc3c(s2)CCCCCC3)CC1. The van der Waals surface area contributed by atoms with E-state index in [2.05, 4.69) is 6.92 Å². The maximum atomic E-state index is 6.74. The van der Waals surface area contributed by atoms with Crippen molar-refractivity contribution in [3.05, 3.63) is 15.6 Å². The molecule has 2 aliphatic carbocycles. The number of hydrogen-bond acceptors (Lipinski definition) is 3. The van der Waals surface area contributed by atoms with Crippen LogP contribution in [0.3, 0.4) is 0 Å². The summed E-state index contributed by atoms with van der Waals surface area (Å²) in [4.78, 5) is 6.54. The van der Waals surface area contributed by atoms with Crippen LogP contribution in [0.4, 0.5) is 0 Å². The summed E-state index contributed by atoms with van der Waals surface area (Å²) in [5.41, 5.74) is 8.00. The van der Waals surface area contributed by atoms with E-state index in [0.29, 0.717) is 0 Å². The van der Waals surface area contributed by atoms with Gasteiger partial charge in [0.25, 0.3) is 0 Å². The Bertz CT molecular complexity index is 418. The van der Waals surface area contributed by atoms with Gasteiger partial charge in [-0.1, -0.05) is 26.2 Å². The van der Waals surface area contributed by atoms with Crippen LogP contribution in [0.2, 0.25) is 0 Å². The molecule has 1 aromatic heterocycles. The highest BCUT2D eigenvalue weighted by atomic mass is 32.1. The molecular formula is C17H28N2S. The van der Waals surface area contributed by atoms with Gasteiger partial charge in [-0.3, -0.25) is 0 Å². The molecule has 0 saturated heterocycles. The molecule has 3 rings (SSSR count). The summed E-state index contributed by atoms with van der Waals surface area (Å²) in [7, 11) is 0. The largest absolute Gasteiger partial charge is 0.319 e. The summed E-state index contributed by atoms with van der Waals surface area (Å²) in [6, 6.07) is 0. The van der Waals surface area contributed by atoms with Gasteiger partial charge in [-0.2, -0.15) is 0 Å². The lowest BCUT2D eigenvalue weighted by Gasteiger charge is -2.35. The lowest BCUT2D eigenvalue weighted by atomic mass is 9.76. The molecule has 0 aromatic carbocycles. The topological polar surface area (TPSA) is 38.9 Å². The highest BCUT2D eigenvalue weighted by Crippen LogP contribution is 2.41. The smallest absolute Gasteiger partial charge is 0.113 e. The van der Waals surface area contributed by atoms with Gasteiger partial charge in [0.2, 0.25) is 0 Å². The minimum Gasteiger partial charge on any atom is -0.319 e. The van der Waals surface area contributed by atoms with Crippen molar-refractivity contribution >= 4 is 11.3 Å². The molecule has 1 heterocycles. The second kappa shape index (κ2) is 6.15. The van der Waals surface area contributed by atoms with Crippen molar-refractivity contribution in [3.63, 3.8) is 0 Å². The lowest BCUT2D eigenvalue weighted by Crippen LogP contribution is -2.40.